The van der Waals surface area contributed by atoms with E-state index in [9.17, 15) is 23.1 Å². The molecule has 36 heavy (non-hydrogen) atoms. The number of nitrogens with two attached hydrogens (primary N) is 2. The molecule has 5 N–H and O–H groups in total. The number of amides is 1. The lowest BCUT2D eigenvalue weighted by Crippen LogP contribution is -2.50. The van der Waals surface area contributed by atoms with Gasteiger partial charge >= 0.3 is 12.1 Å². The van der Waals surface area contributed by atoms with Gasteiger partial charge in [0.1, 0.15) is 23.0 Å². The Hall–Kier alpha value is -3.02. The minimum atomic E-state index is -4.68. The average molecular weight is 527 g/mol. The Kier molecular flexibility index (Phi) is 8.24. The van der Waals surface area contributed by atoms with Gasteiger partial charge < -0.3 is 26.0 Å². The number of guanidine groups is 1. The quantitative estimate of drug-likeness (QED) is 0.261. The topological polar surface area (TPSA) is 175 Å². The SMILES string of the molecule is Cc1c(C)c(S(=O)(=O)N(C(=O)OC(C)(C)C)[C@@H](CCCN=C(N)N)C(=O)O)c(C)c2c1OC(C)(C)C2. The van der Waals surface area contributed by atoms with Crippen molar-refractivity contribution in [1.82, 2.24) is 4.31 Å². The average Bonchev–Trinajstić information content (AvgIpc) is 3.02. The summed E-state index contributed by atoms with van der Waals surface area (Å²) in [5, 5.41) is 10.0. The van der Waals surface area contributed by atoms with E-state index in [2.05, 4.69) is 4.99 Å². The van der Waals surface area contributed by atoms with Crippen molar-refractivity contribution in [3.63, 3.8) is 0 Å². The molecule has 11 nitrogen and oxygen atoms in total. The van der Waals surface area contributed by atoms with E-state index in [0.717, 1.165) is 0 Å². The molecule has 202 valence electrons. The van der Waals surface area contributed by atoms with Crippen molar-refractivity contribution in [3.8, 4) is 5.75 Å². The van der Waals surface area contributed by atoms with Gasteiger partial charge in [-0.25, -0.2) is 18.0 Å². The predicted octanol–water partition coefficient (Wildman–Crippen LogP) is 2.76. The zero-order valence-electron chi connectivity index (χ0n) is 22.3. The zero-order chi connectivity index (χ0) is 27.8. The van der Waals surface area contributed by atoms with Crippen LogP contribution in [0, 0.1) is 20.8 Å². The first-order chi connectivity index (χ1) is 16.3. The number of ether oxygens (including phenoxy) is 2. The van der Waals surface area contributed by atoms with Crippen LogP contribution >= 0.6 is 0 Å². The van der Waals surface area contributed by atoms with E-state index in [1.807, 2.05) is 13.8 Å². The second-order valence-corrected chi connectivity index (χ2v) is 12.4. The first-order valence-corrected chi connectivity index (χ1v) is 13.1. The van der Waals surface area contributed by atoms with Crippen LogP contribution in [-0.4, -0.2) is 59.6 Å². The van der Waals surface area contributed by atoms with E-state index in [1.165, 1.54) is 0 Å². The molecule has 1 atom stereocenters. The zero-order valence-corrected chi connectivity index (χ0v) is 23.1. The summed E-state index contributed by atoms with van der Waals surface area (Å²) in [4.78, 5) is 29.3. The second-order valence-electron chi connectivity index (χ2n) is 10.6. The number of benzene rings is 1. The lowest BCUT2D eigenvalue weighted by atomic mass is 9.94. The number of nitrogens with zero attached hydrogens (tertiary/aromatic N) is 2. The molecule has 0 saturated heterocycles. The first kappa shape index (κ1) is 29.2. The van der Waals surface area contributed by atoms with Gasteiger partial charge in [-0.15, -0.1) is 0 Å². The van der Waals surface area contributed by atoms with Crippen LogP contribution in [0.25, 0.3) is 0 Å². The fraction of sp³-hybridized carbons (Fsp3) is 0.625. The highest BCUT2D eigenvalue weighted by Crippen LogP contribution is 2.44. The van der Waals surface area contributed by atoms with E-state index >= 15 is 0 Å². The van der Waals surface area contributed by atoms with Gasteiger partial charge in [0.25, 0.3) is 10.0 Å². The highest BCUT2D eigenvalue weighted by molar-refractivity contribution is 7.89. The number of aliphatic carboxylic acids is 1. The molecule has 1 aromatic carbocycles. The van der Waals surface area contributed by atoms with Crippen LogP contribution in [0.5, 0.6) is 5.75 Å². The van der Waals surface area contributed by atoms with Crippen LogP contribution < -0.4 is 16.2 Å². The van der Waals surface area contributed by atoms with Crippen molar-refractivity contribution in [2.45, 2.75) is 96.8 Å². The lowest BCUT2D eigenvalue weighted by Gasteiger charge is -2.32. The molecule has 0 saturated carbocycles. The highest BCUT2D eigenvalue weighted by atomic mass is 32.2. The molecule has 1 heterocycles. The molecular formula is C24H38N4O7S. The molecule has 0 fully saturated rings. The smallest absolute Gasteiger partial charge is 0.425 e. The number of aliphatic imine (C=N–C) groups is 1. The Morgan fingerprint density at radius 2 is 1.75 bits per heavy atom. The van der Waals surface area contributed by atoms with Gasteiger partial charge in [-0.2, -0.15) is 4.31 Å². The van der Waals surface area contributed by atoms with Crippen molar-refractivity contribution in [2.75, 3.05) is 6.54 Å². The largest absolute Gasteiger partial charge is 0.487 e. The summed E-state index contributed by atoms with van der Waals surface area (Å²) in [6.45, 7) is 13.6. The van der Waals surface area contributed by atoms with Gasteiger partial charge in [-0.05, 0) is 84.9 Å². The molecule has 0 aromatic heterocycles. The van der Waals surface area contributed by atoms with Crippen LogP contribution in [0.2, 0.25) is 0 Å². The minimum Gasteiger partial charge on any atom is -0.487 e. The fourth-order valence-electron chi connectivity index (χ4n) is 4.26. The molecule has 1 aliphatic rings. The molecule has 0 unspecified atom stereocenters. The van der Waals surface area contributed by atoms with Gasteiger partial charge in [0.15, 0.2) is 5.96 Å². The lowest BCUT2D eigenvalue weighted by molar-refractivity contribution is -0.141. The summed E-state index contributed by atoms with van der Waals surface area (Å²) < 4.78 is 40.1. The predicted molar refractivity (Wildman–Crippen MR) is 136 cm³/mol. The van der Waals surface area contributed by atoms with Gasteiger partial charge in [-0.3, -0.25) is 4.99 Å². The maximum Gasteiger partial charge on any atom is 0.425 e. The molecule has 12 heteroatoms. The third kappa shape index (κ3) is 6.21. The summed E-state index contributed by atoms with van der Waals surface area (Å²) in [5.74, 6) is -1.06. The van der Waals surface area contributed by atoms with Gasteiger partial charge in [-0.1, -0.05) is 0 Å². The van der Waals surface area contributed by atoms with E-state index in [1.54, 1.807) is 41.5 Å². The molecule has 0 radical (unpaired) electrons. The van der Waals surface area contributed by atoms with Crippen LogP contribution in [0.15, 0.2) is 9.89 Å². The number of rotatable bonds is 8. The molecule has 2 rings (SSSR count). The summed E-state index contributed by atoms with van der Waals surface area (Å²) in [6.07, 6.45) is -0.911. The molecule has 0 bridgehead atoms. The van der Waals surface area contributed by atoms with Crippen molar-refractivity contribution in [3.05, 3.63) is 22.3 Å². The maximum absolute atomic E-state index is 14.2. The molecule has 1 amide bonds. The Morgan fingerprint density at radius 1 is 1.17 bits per heavy atom. The third-order valence-corrected chi connectivity index (χ3v) is 7.93. The summed E-state index contributed by atoms with van der Waals surface area (Å²) in [5.41, 5.74) is 11.2. The van der Waals surface area contributed by atoms with Crippen molar-refractivity contribution in [2.24, 2.45) is 16.5 Å². The monoisotopic (exact) mass is 526 g/mol. The van der Waals surface area contributed by atoms with E-state index in [4.69, 9.17) is 20.9 Å². The van der Waals surface area contributed by atoms with Crippen molar-refractivity contribution in [1.29, 1.82) is 0 Å². The Labute approximate surface area is 212 Å². The summed E-state index contributed by atoms with van der Waals surface area (Å²) >= 11 is 0. The number of hydrogen-bond donors (Lipinski definition) is 3. The first-order valence-electron chi connectivity index (χ1n) is 11.7. The van der Waals surface area contributed by atoms with Crippen LogP contribution in [0.1, 0.15) is 69.7 Å². The van der Waals surface area contributed by atoms with Crippen LogP contribution in [0.3, 0.4) is 0 Å². The van der Waals surface area contributed by atoms with E-state index in [0.29, 0.717) is 38.7 Å². The Balaban J connectivity index is 2.71. The molecule has 0 spiro atoms. The standard InChI is InChI=1S/C24H38N4O7S/c1-13-14(2)19(15(3)16-12-24(7,8)34-18(13)16)36(32,33)28(22(31)35-23(4,5)6)17(20(29)30)10-9-11-27-21(25)26/h17H,9-12H2,1-8H3,(H,29,30)(H4,25,26,27)/t17-/m0/s1. The van der Waals surface area contributed by atoms with E-state index < -0.39 is 39.3 Å². The van der Waals surface area contributed by atoms with E-state index in [-0.39, 0.29) is 30.2 Å². The Bertz CT molecular complexity index is 1180. The number of carbonyl (C=O) groups is 2. The maximum atomic E-state index is 14.2. The fourth-order valence-corrected chi connectivity index (χ4v) is 6.27. The number of carboxylic acids is 1. The molecular weight excluding hydrogens is 488 g/mol. The normalized spacial score (nSPS) is 15.4. The number of sulfonamides is 1. The number of fused-ring (bicyclic) bond motifs is 1. The second kappa shape index (κ2) is 10.2. The summed E-state index contributed by atoms with van der Waals surface area (Å²) in [6, 6.07) is -1.74. The van der Waals surface area contributed by atoms with Gasteiger partial charge in [0.2, 0.25) is 0 Å². The molecule has 0 aliphatic carbocycles. The number of carbonyl (C=O) groups excluding carboxylic acids is 1. The van der Waals surface area contributed by atoms with Crippen LogP contribution in [0.4, 0.5) is 4.79 Å². The minimum absolute atomic E-state index is 0.0662. The number of hydrogen-bond acceptors (Lipinski definition) is 7. The molecule has 1 aliphatic heterocycles. The highest BCUT2D eigenvalue weighted by Gasteiger charge is 2.45. The van der Waals surface area contributed by atoms with Crippen molar-refractivity contribution < 1.29 is 32.6 Å². The Morgan fingerprint density at radius 3 is 2.25 bits per heavy atom. The third-order valence-electron chi connectivity index (χ3n) is 5.88. The number of carboxylic acid groups (broad SMARTS) is 1. The van der Waals surface area contributed by atoms with Crippen molar-refractivity contribution >= 4 is 28.0 Å². The summed E-state index contributed by atoms with van der Waals surface area (Å²) in [7, 11) is -4.68. The van der Waals surface area contributed by atoms with Gasteiger partial charge in [0, 0.05) is 18.5 Å². The van der Waals surface area contributed by atoms with Crippen LogP contribution in [-0.2, 0) is 26.0 Å². The van der Waals surface area contributed by atoms with Gasteiger partial charge in [0.05, 0.1) is 4.90 Å². The molecule has 1 aromatic rings.